The Bertz CT molecular complexity index is 436. The van der Waals surface area contributed by atoms with Crippen LogP contribution in [0.3, 0.4) is 0 Å². The number of methoxy groups -OCH3 is 1. The number of carbonyl (C=O) groups excluding carboxylic acids is 1. The summed E-state index contributed by atoms with van der Waals surface area (Å²) in [5, 5.41) is 3.00. The average Bonchev–Trinajstić information content (AvgIpc) is 2.45. The van der Waals surface area contributed by atoms with Crippen LogP contribution in [0.5, 0.6) is 0 Å². The van der Waals surface area contributed by atoms with Crippen molar-refractivity contribution in [3.63, 3.8) is 0 Å². The Morgan fingerprint density at radius 1 is 1.30 bits per heavy atom. The number of halogens is 1. The zero-order valence-corrected chi connectivity index (χ0v) is 12.5. The zero-order chi connectivity index (χ0) is 15.0. The van der Waals surface area contributed by atoms with E-state index in [1.807, 2.05) is 0 Å². The number of nitrogens with one attached hydrogen (secondary N) is 1. The van der Waals surface area contributed by atoms with E-state index in [0.29, 0.717) is 12.1 Å². The summed E-state index contributed by atoms with van der Waals surface area (Å²) >= 11 is 0. The first-order valence-electron chi connectivity index (χ1n) is 7.14. The molecule has 1 unspecified atom stereocenters. The van der Waals surface area contributed by atoms with Gasteiger partial charge in [0.1, 0.15) is 11.4 Å². The molecule has 0 aliphatic heterocycles. The number of esters is 1. The van der Waals surface area contributed by atoms with Crippen LogP contribution in [0.15, 0.2) is 24.3 Å². The van der Waals surface area contributed by atoms with Gasteiger partial charge in [0.2, 0.25) is 0 Å². The molecule has 0 aromatic heterocycles. The van der Waals surface area contributed by atoms with Crippen molar-refractivity contribution < 1.29 is 13.9 Å². The quantitative estimate of drug-likeness (QED) is 0.575. The van der Waals surface area contributed by atoms with Crippen molar-refractivity contribution in [3.05, 3.63) is 30.1 Å². The fourth-order valence-corrected chi connectivity index (χ4v) is 2.21. The number of hydrogen-bond acceptors (Lipinski definition) is 3. The minimum absolute atomic E-state index is 0.330. The Morgan fingerprint density at radius 2 is 2.00 bits per heavy atom. The van der Waals surface area contributed by atoms with Crippen molar-refractivity contribution in [2.24, 2.45) is 0 Å². The molecule has 0 heterocycles. The molecule has 0 saturated heterocycles. The van der Waals surface area contributed by atoms with Gasteiger partial charge < -0.3 is 10.1 Å². The first kappa shape index (κ1) is 16.5. The Balaban J connectivity index is 2.78. The van der Waals surface area contributed by atoms with Gasteiger partial charge >= 0.3 is 5.97 Å². The standard InChI is InChI=1S/C16H24FNO2/c1-4-5-6-9-12-16(2,15(19)20-3)18-14-11-8-7-10-13(14)17/h7-8,10-11,18H,4-6,9,12H2,1-3H3. The van der Waals surface area contributed by atoms with Crippen molar-refractivity contribution in [3.8, 4) is 0 Å². The lowest BCUT2D eigenvalue weighted by Crippen LogP contribution is -2.44. The number of hydrogen-bond donors (Lipinski definition) is 1. The smallest absolute Gasteiger partial charge is 0.331 e. The summed E-state index contributed by atoms with van der Waals surface area (Å²) in [4.78, 5) is 12.0. The molecule has 0 saturated carbocycles. The van der Waals surface area contributed by atoms with Gasteiger partial charge in [0, 0.05) is 0 Å². The zero-order valence-electron chi connectivity index (χ0n) is 12.5. The van der Waals surface area contributed by atoms with Gasteiger partial charge in [0.05, 0.1) is 12.8 Å². The second-order valence-corrected chi connectivity index (χ2v) is 5.24. The predicted octanol–water partition coefficient (Wildman–Crippen LogP) is 4.14. The predicted molar refractivity (Wildman–Crippen MR) is 79.2 cm³/mol. The van der Waals surface area contributed by atoms with Gasteiger partial charge in [0.25, 0.3) is 0 Å². The Labute approximate surface area is 120 Å². The first-order chi connectivity index (χ1) is 9.53. The Hall–Kier alpha value is -1.58. The van der Waals surface area contributed by atoms with Gasteiger partial charge in [-0.2, -0.15) is 0 Å². The highest BCUT2D eigenvalue weighted by Gasteiger charge is 2.34. The molecular formula is C16H24FNO2. The number of para-hydroxylation sites is 1. The molecule has 1 rings (SSSR count). The van der Waals surface area contributed by atoms with Crippen LogP contribution in [0.1, 0.15) is 46.0 Å². The van der Waals surface area contributed by atoms with Crippen molar-refractivity contribution in [1.82, 2.24) is 0 Å². The monoisotopic (exact) mass is 281 g/mol. The fraction of sp³-hybridized carbons (Fsp3) is 0.562. The van der Waals surface area contributed by atoms with Crippen LogP contribution in [0.25, 0.3) is 0 Å². The van der Waals surface area contributed by atoms with Gasteiger partial charge in [-0.3, -0.25) is 0 Å². The summed E-state index contributed by atoms with van der Waals surface area (Å²) in [5.74, 6) is -0.728. The summed E-state index contributed by atoms with van der Waals surface area (Å²) in [7, 11) is 1.36. The average molecular weight is 281 g/mol. The summed E-state index contributed by atoms with van der Waals surface area (Å²) < 4.78 is 18.6. The highest BCUT2D eigenvalue weighted by molar-refractivity contribution is 5.84. The summed E-state index contributed by atoms with van der Waals surface area (Å²) in [6.07, 6.45) is 4.85. The number of unbranched alkanes of at least 4 members (excludes halogenated alkanes) is 3. The summed E-state index contributed by atoms with van der Waals surface area (Å²) in [6.45, 7) is 3.90. The van der Waals surface area contributed by atoms with E-state index in [1.54, 1.807) is 25.1 Å². The van der Waals surface area contributed by atoms with E-state index >= 15 is 0 Å². The molecule has 20 heavy (non-hydrogen) atoms. The number of anilines is 1. The maximum absolute atomic E-state index is 13.7. The van der Waals surface area contributed by atoms with Crippen LogP contribution in [-0.4, -0.2) is 18.6 Å². The molecule has 0 amide bonds. The minimum Gasteiger partial charge on any atom is -0.467 e. The molecule has 3 nitrogen and oxygen atoms in total. The van der Waals surface area contributed by atoms with Crippen LogP contribution >= 0.6 is 0 Å². The molecule has 0 bridgehead atoms. The van der Waals surface area contributed by atoms with Crippen molar-refractivity contribution in [1.29, 1.82) is 0 Å². The molecular weight excluding hydrogens is 257 g/mol. The second-order valence-electron chi connectivity index (χ2n) is 5.24. The second kappa shape index (κ2) is 7.88. The van der Waals surface area contributed by atoms with E-state index in [0.717, 1.165) is 25.7 Å². The number of benzene rings is 1. The molecule has 0 aliphatic rings. The van der Waals surface area contributed by atoms with Crippen LogP contribution in [0, 0.1) is 5.82 Å². The first-order valence-corrected chi connectivity index (χ1v) is 7.14. The molecule has 0 radical (unpaired) electrons. The largest absolute Gasteiger partial charge is 0.467 e. The molecule has 1 atom stereocenters. The number of carbonyl (C=O) groups is 1. The molecule has 1 aromatic rings. The summed E-state index contributed by atoms with van der Waals surface area (Å²) in [5.41, 5.74) is -0.569. The lowest BCUT2D eigenvalue weighted by atomic mass is 9.93. The SMILES string of the molecule is CCCCCCC(C)(Nc1ccccc1F)C(=O)OC. The van der Waals surface area contributed by atoms with E-state index < -0.39 is 5.54 Å². The topological polar surface area (TPSA) is 38.3 Å². The van der Waals surface area contributed by atoms with Gasteiger partial charge in [-0.25, -0.2) is 9.18 Å². The normalized spacial score (nSPS) is 13.6. The van der Waals surface area contributed by atoms with Crippen LogP contribution in [-0.2, 0) is 9.53 Å². The third kappa shape index (κ3) is 4.51. The molecule has 4 heteroatoms. The molecule has 0 spiro atoms. The van der Waals surface area contributed by atoms with Crippen LogP contribution in [0.2, 0.25) is 0 Å². The highest BCUT2D eigenvalue weighted by Crippen LogP contribution is 2.24. The molecule has 1 N–H and O–H groups in total. The maximum Gasteiger partial charge on any atom is 0.331 e. The highest BCUT2D eigenvalue weighted by atomic mass is 19.1. The fourth-order valence-electron chi connectivity index (χ4n) is 2.21. The van der Waals surface area contributed by atoms with Gasteiger partial charge in [-0.1, -0.05) is 44.7 Å². The van der Waals surface area contributed by atoms with E-state index in [-0.39, 0.29) is 11.8 Å². The molecule has 112 valence electrons. The molecule has 0 aliphatic carbocycles. The number of rotatable bonds is 8. The van der Waals surface area contributed by atoms with E-state index in [4.69, 9.17) is 4.74 Å². The van der Waals surface area contributed by atoms with Crippen LogP contribution in [0.4, 0.5) is 10.1 Å². The van der Waals surface area contributed by atoms with Crippen molar-refractivity contribution >= 4 is 11.7 Å². The minimum atomic E-state index is -0.898. The molecule has 1 aromatic carbocycles. The van der Waals surface area contributed by atoms with E-state index in [1.165, 1.54) is 13.2 Å². The Morgan fingerprint density at radius 3 is 2.60 bits per heavy atom. The van der Waals surface area contributed by atoms with Crippen LogP contribution < -0.4 is 5.32 Å². The van der Waals surface area contributed by atoms with Crippen molar-refractivity contribution in [2.75, 3.05) is 12.4 Å². The summed E-state index contributed by atoms with van der Waals surface area (Å²) in [6, 6.07) is 6.36. The lowest BCUT2D eigenvalue weighted by Gasteiger charge is -2.29. The van der Waals surface area contributed by atoms with Crippen molar-refractivity contribution in [2.45, 2.75) is 51.5 Å². The maximum atomic E-state index is 13.7. The van der Waals surface area contributed by atoms with Gasteiger partial charge in [-0.15, -0.1) is 0 Å². The lowest BCUT2D eigenvalue weighted by molar-refractivity contribution is -0.145. The Kier molecular flexibility index (Phi) is 6.49. The number of ether oxygens (including phenoxy) is 1. The van der Waals surface area contributed by atoms with E-state index in [2.05, 4.69) is 12.2 Å². The third-order valence-corrected chi connectivity index (χ3v) is 3.45. The van der Waals surface area contributed by atoms with E-state index in [9.17, 15) is 9.18 Å². The van der Waals surface area contributed by atoms with Gasteiger partial charge in [0.15, 0.2) is 0 Å². The third-order valence-electron chi connectivity index (χ3n) is 3.45. The molecule has 0 fully saturated rings. The van der Waals surface area contributed by atoms with Gasteiger partial charge in [-0.05, 0) is 25.5 Å².